The maximum Gasteiger partial charge on any atom is 0.230 e. The zero-order valence-electron chi connectivity index (χ0n) is 19.3. The van der Waals surface area contributed by atoms with E-state index in [4.69, 9.17) is 9.47 Å². The minimum Gasteiger partial charge on any atom is -0.497 e. The summed E-state index contributed by atoms with van der Waals surface area (Å²) in [4.78, 5) is 21.7. The molecule has 0 aliphatic carbocycles. The van der Waals surface area contributed by atoms with Gasteiger partial charge in [0, 0.05) is 35.8 Å². The van der Waals surface area contributed by atoms with E-state index >= 15 is 0 Å². The van der Waals surface area contributed by atoms with E-state index in [1.54, 1.807) is 20.3 Å². The fourth-order valence-corrected chi connectivity index (χ4v) is 4.00. The van der Waals surface area contributed by atoms with E-state index in [0.717, 1.165) is 22.2 Å². The second-order valence-corrected chi connectivity index (χ2v) is 8.59. The molecular weight excluding hydrogens is 448 g/mol. The van der Waals surface area contributed by atoms with Crippen LogP contribution in [0.25, 0.3) is 10.9 Å². The van der Waals surface area contributed by atoms with Gasteiger partial charge >= 0.3 is 0 Å². The molecule has 8 heteroatoms. The molecule has 1 heterocycles. The first-order valence-electron chi connectivity index (χ1n) is 10.8. The molecule has 7 nitrogen and oxygen atoms in total. The van der Waals surface area contributed by atoms with Gasteiger partial charge in [0.05, 0.1) is 25.5 Å². The van der Waals surface area contributed by atoms with Crippen LogP contribution in [0.15, 0.2) is 71.9 Å². The van der Waals surface area contributed by atoms with Gasteiger partial charge in [-0.2, -0.15) is 0 Å². The molecule has 34 heavy (non-hydrogen) atoms. The maximum atomic E-state index is 12.4. The van der Waals surface area contributed by atoms with E-state index in [-0.39, 0.29) is 11.7 Å². The van der Waals surface area contributed by atoms with Gasteiger partial charge in [-0.3, -0.25) is 4.79 Å². The van der Waals surface area contributed by atoms with Gasteiger partial charge < -0.3 is 20.1 Å². The molecule has 0 saturated carbocycles. The van der Waals surface area contributed by atoms with Crippen molar-refractivity contribution in [1.29, 1.82) is 0 Å². The van der Waals surface area contributed by atoms with Crippen LogP contribution in [0.5, 0.6) is 11.5 Å². The van der Waals surface area contributed by atoms with Crippen LogP contribution in [0.2, 0.25) is 0 Å². The third-order valence-electron chi connectivity index (χ3n) is 5.14. The lowest BCUT2D eigenvalue weighted by molar-refractivity contribution is -0.118. The Morgan fingerprint density at radius 1 is 0.941 bits per heavy atom. The normalized spacial score (nSPS) is 10.7. The molecule has 0 unspecified atom stereocenters. The average molecular weight is 475 g/mol. The number of aromatic nitrogens is 2. The Balaban J connectivity index is 1.49. The Morgan fingerprint density at radius 2 is 1.65 bits per heavy atom. The molecular formula is C26H26N4O3S. The van der Waals surface area contributed by atoms with Crippen LogP contribution < -0.4 is 20.1 Å². The number of nitrogens with zero attached hydrogens (tertiary/aromatic N) is 2. The van der Waals surface area contributed by atoms with Gasteiger partial charge in [0.1, 0.15) is 17.3 Å². The predicted octanol–water partition coefficient (Wildman–Crippen LogP) is 5.11. The highest BCUT2D eigenvalue weighted by Crippen LogP contribution is 2.31. The summed E-state index contributed by atoms with van der Waals surface area (Å²) in [6.07, 6.45) is 0. The van der Waals surface area contributed by atoms with Crippen molar-refractivity contribution >= 4 is 40.1 Å². The van der Waals surface area contributed by atoms with Gasteiger partial charge in [-0.05, 0) is 24.6 Å². The SMILES string of the molecule is COc1cc(Nc2nc(SCC(=O)NCc3ccc(C)cc3)nc3ccccc23)cc(OC)c1. The van der Waals surface area contributed by atoms with Gasteiger partial charge in [0.2, 0.25) is 5.91 Å². The number of nitrogens with one attached hydrogen (secondary N) is 2. The molecule has 1 amide bonds. The first-order chi connectivity index (χ1) is 16.5. The summed E-state index contributed by atoms with van der Waals surface area (Å²) in [5.74, 6) is 2.12. The molecule has 1 aromatic heterocycles. The topological polar surface area (TPSA) is 85.4 Å². The van der Waals surface area contributed by atoms with E-state index in [1.807, 2.05) is 67.6 Å². The fraction of sp³-hybridized carbons (Fsp3) is 0.192. The van der Waals surface area contributed by atoms with Crippen molar-refractivity contribution in [2.45, 2.75) is 18.6 Å². The van der Waals surface area contributed by atoms with Crippen LogP contribution in [0.4, 0.5) is 11.5 Å². The van der Waals surface area contributed by atoms with Crippen LogP contribution >= 0.6 is 11.8 Å². The number of rotatable bonds is 9. The summed E-state index contributed by atoms with van der Waals surface area (Å²) in [6.45, 7) is 2.53. The van der Waals surface area contributed by atoms with E-state index in [1.165, 1.54) is 17.3 Å². The number of amides is 1. The molecule has 2 N–H and O–H groups in total. The van der Waals surface area contributed by atoms with Crippen molar-refractivity contribution in [2.24, 2.45) is 0 Å². The molecule has 0 radical (unpaired) electrons. The van der Waals surface area contributed by atoms with Crippen molar-refractivity contribution in [3.63, 3.8) is 0 Å². The molecule has 0 atom stereocenters. The van der Waals surface area contributed by atoms with Gasteiger partial charge in [-0.1, -0.05) is 53.7 Å². The number of para-hydroxylation sites is 1. The lowest BCUT2D eigenvalue weighted by Crippen LogP contribution is -2.24. The third kappa shape index (κ3) is 5.96. The fourth-order valence-electron chi connectivity index (χ4n) is 3.32. The van der Waals surface area contributed by atoms with Gasteiger partial charge in [0.15, 0.2) is 5.16 Å². The lowest BCUT2D eigenvalue weighted by atomic mass is 10.1. The van der Waals surface area contributed by atoms with Crippen LogP contribution in [0.3, 0.4) is 0 Å². The van der Waals surface area contributed by atoms with Crippen LogP contribution in [0.1, 0.15) is 11.1 Å². The number of thioether (sulfide) groups is 1. The summed E-state index contributed by atoms with van der Waals surface area (Å²) in [6, 6.07) is 21.4. The smallest absolute Gasteiger partial charge is 0.230 e. The first-order valence-corrected chi connectivity index (χ1v) is 11.7. The predicted molar refractivity (Wildman–Crippen MR) is 136 cm³/mol. The molecule has 0 spiro atoms. The van der Waals surface area contributed by atoms with Crippen molar-refractivity contribution < 1.29 is 14.3 Å². The van der Waals surface area contributed by atoms with Crippen molar-refractivity contribution in [2.75, 3.05) is 25.3 Å². The Kier molecular flexibility index (Phi) is 7.49. The highest BCUT2D eigenvalue weighted by molar-refractivity contribution is 7.99. The van der Waals surface area contributed by atoms with Crippen LogP contribution in [0, 0.1) is 6.92 Å². The second-order valence-electron chi connectivity index (χ2n) is 7.65. The van der Waals surface area contributed by atoms with Gasteiger partial charge in [-0.25, -0.2) is 9.97 Å². The summed E-state index contributed by atoms with van der Waals surface area (Å²) in [5.41, 5.74) is 3.81. The summed E-state index contributed by atoms with van der Waals surface area (Å²) in [5, 5.41) is 7.69. The number of anilines is 2. The van der Waals surface area contributed by atoms with E-state index in [9.17, 15) is 4.79 Å². The molecule has 0 bridgehead atoms. The molecule has 4 rings (SSSR count). The molecule has 3 aromatic carbocycles. The maximum absolute atomic E-state index is 12.4. The Hall–Kier alpha value is -3.78. The quantitative estimate of drug-likeness (QED) is 0.258. The number of hydrogen-bond donors (Lipinski definition) is 2. The summed E-state index contributed by atoms with van der Waals surface area (Å²) in [7, 11) is 3.22. The molecule has 0 aliphatic rings. The summed E-state index contributed by atoms with van der Waals surface area (Å²) >= 11 is 1.30. The standard InChI is InChI=1S/C26H26N4O3S/c1-17-8-10-18(11-9-17)15-27-24(31)16-34-26-29-23-7-5-4-6-22(23)25(30-26)28-19-12-20(32-2)14-21(13-19)33-3/h4-14H,15-16H2,1-3H3,(H,27,31)(H,28,29,30). The molecule has 174 valence electrons. The molecule has 4 aromatic rings. The Labute approximate surface area is 202 Å². The highest BCUT2D eigenvalue weighted by atomic mass is 32.2. The minimum atomic E-state index is -0.0747. The number of benzene rings is 3. The van der Waals surface area contributed by atoms with E-state index in [2.05, 4.69) is 20.6 Å². The number of methoxy groups -OCH3 is 2. The zero-order chi connectivity index (χ0) is 23.9. The zero-order valence-corrected chi connectivity index (χ0v) is 20.1. The lowest BCUT2D eigenvalue weighted by Gasteiger charge is -2.13. The first kappa shape index (κ1) is 23.4. The number of aryl methyl sites for hydroxylation is 1. The monoisotopic (exact) mass is 474 g/mol. The number of carbonyl (C=O) groups excluding carboxylic acids is 1. The van der Waals surface area contributed by atoms with Gasteiger partial charge in [0.25, 0.3) is 0 Å². The van der Waals surface area contributed by atoms with Gasteiger partial charge in [-0.15, -0.1) is 0 Å². The molecule has 0 saturated heterocycles. The van der Waals surface area contributed by atoms with E-state index in [0.29, 0.717) is 29.0 Å². The Morgan fingerprint density at radius 3 is 2.35 bits per heavy atom. The summed E-state index contributed by atoms with van der Waals surface area (Å²) < 4.78 is 10.7. The average Bonchev–Trinajstić information content (AvgIpc) is 2.86. The largest absolute Gasteiger partial charge is 0.497 e. The van der Waals surface area contributed by atoms with Crippen molar-refractivity contribution in [3.05, 3.63) is 77.9 Å². The number of fused-ring (bicyclic) bond motifs is 1. The van der Waals surface area contributed by atoms with Crippen molar-refractivity contribution in [3.8, 4) is 11.5 Å². The molecule has 0 fully saturated rings. The molecule has 0 aliphatic heterocycles. The number of hydrogen-bond acceptors (Lipinski definition) is 7. The van der Waals surface area contributed by atoms with Crippen LogP contribution in [-0.2, 0) is 11.3 Å². The Bertz CT molecular complexity index is 1270. The van der Waals surface area contributed by atoms with Crippen molar-refractivity contribution in [1.82, 2.24) is 15.3 Å². The number of ether oxygens (including phenoxy) is 2. The second kappa shape index (κ2) is 10.9. The highest BCUT2D eigenvalue weighted by Gasteiger charge is 2.12. The van der Waals surface area contributed by atoms with Crippen LogP contribution in [-0.4, -0.2) is 35.8 Å². The third-order valence-corrected chi connectivity index (χ3v) is 5.99. The number of carbonyl (C=O) groups is 1. The minimum absolute atomic E-state index is 0.0747. The van der Waals surface area contributed by atoms with E-state index < -0.39 is 0 Å².